The molecule has 0 radical (unpaired) electrons. The fourth-order valence-electron chi connectivity index (χ4n) is 0.967. The van der Waals surface area contributed by atoms with Gasteiger partial charge < -0.3 is 5.73 Å². The third-order valence-corrected chi connectivity index (χ3v) is 3.74. The zero-order chi connectivity index (χ0) is 11.5. The lowest BCUT2D eigenvalue weighted by molar-refractivity contribution is 0.344. The van der Waals surface area contributed by atoms with E-state index in [4.69, 9.17) is 17.3 Å². The normalized spacial score (nSPS) is 13.9. The van der Waals surface area contributed by atoms with E-state index in [1.54, 1.807) is 11.8 Å². The van der Waals surface area contributed by atoms with Gasteiger partial charge in [0.2, 0.25) is 0 Å². The lowest BCUT2D eigenvalue weighted by atomic mass is 9.89. The lowest BCUT2D eigenvalue weighted by Crippen LogP contribution is -2.37. The van der Waals surface area contributed by atoms with Crippen molar-refractivity contribution in [1.82, 2.24) is 0 Å². The predicted octanol–water partition coefficient (Wildman–Crippen LogP) is 3.81. The highest BCUT2D eigenvalue weighted by atomic mass is 35.5. The lowest BCUT2D eigenvalue weighted by Gasteiger charge is -2.26. The zero-order valence-electron chi connectivity index (χ0n) is 9.46. The average Bonchev–Trinajstić information content (AvgIpc) is 2.15. The van der Waals surface area contributed by atoms with E-state index in [2.05, 4.69) is 20.8 Å². The Labute approximate surface area is 101 Å². The first kappa shape index (κ1) is 12.9. The number of nitrogens with two attached hydrogens (primary N) is 1. The first-order chi connectivity index (χ1) is 6.89. The minimum Gasteiger partial charge on any atom is -0.326 e. The molecular weight excluding hydrogens is 226 g/mol. The number of hydrogen-bond acceptors (Lipinski definition) is 2. The smallest absolute Gasteiger partial charge is 0.0406 e. The fourth-order valence-corrected chi connectivity index (χ4v) is 2.29. The van der Waals surface area contributed by atoms with Gasteiger partial charge in [0.1, 0.15) is 0 Å². The summed E-state index contributed by atoms with van der Waals surface area (Å²) in [7, 11) is 0. The van der Waals surface area contributed by atoms with Crippen LogP contribution in [-0.4, -0.2) is 11.8 Å². The third-order valence-electron chi connectivity index (χ3n) is 2.36. The highest BCUT2D eigenvalue weighted by Crippen LogP contribution is 2.25. The summed E-state index contributed by atoms with van der Waals surface area (Å²) >= 11 is 7.59. The van der Waals surface area contributed by atoms with E-state index in [0.29, 0.717) is 0 Å². The molecule has 0 aliphatic rings. The summed E-state index contributed by atoms with van der Waals surface area (Å²) in [5.74, 6) is 0.936. The summed E-state index contributed by atoms with van der Waals surface area (Å²) in [5, 5.41) is 0.777. The van der Waals surface area contributed by atoms with Gasteiger partial charge in [0, 0.05) is 21.7 Å². The third kappa shape index (κ3) is 4.45. The van der Waals surface area contributed by atoms with Gasteiger partial charge >= 0.3 is 0 Å². The summed E-state index contributed by atoms with van der Waals surface area (Å²) < 4.78 is 0. The number of hydrogen-bond donors (Lipinski definition) is 1. The molecule has 1 aromatic rings. The SMILES string of the molecule is CC(C)(C)C(N)CSc1ccc(Cl)cc1. The molecule has 0 fully saturated rings. The number of thioether (sulfide) groups is 1. The van der Waals surface area contributed by atoms with E-state index in [9.17, 15) is 0 Å². The van der Waals surface area contributed by atoms with Gasteiger partial charge in [-0.25, -0.2) is 0 Å². The summed E-state index contributed by atoms with van der Waals surface area (Å²) in [4.78, 5) is 1.22. The number of benzene rings is 1. The quantitative estimate of drug-likeness (QED) is 0.818. The van der Waals surface area contributed by atoms with Crippen LogP contribution in [0.5, 0.6) is 0 Å². The Morgan fingerprint density at radius 1 is 1.27 bits per heavy atom. The number of rotatable bonds is 3. The summed E-state index contributed by atoms with van der Waals surface area (Å²) in [6.07, 6.45) is 0. The first-order valence-corrected chi connectivity index (χ1v) is 6.40. The van der Waals surface area contributed by atoms with Gasteiger partial charge in [0.05, 0.1) is 0 Å². The summed E-state index contributed by atoms with van der Waals surface area (Å²) in [6.45, 7) is 6.50. The van der Waals surface area contributed by atoms with Gasteiger partial charge in [-0.05, 0) is 29.7 Å². The molecule has 0 heterocycles. The Kier molecular flexibility index (Phi) is 4.50. The van der Waals surface area contributed by atoms with Crippen LogP contribution >= 0.6 is 23.4 Å². The van der Waals surface area contributed by atoms with E-state index in [1.807, 2.05) is 24.3 Å². The van der Waals surface area contributed by atoms with Gasteiger partial charge in [-0.15, -0.1) is 11.8 Å². The molecule has 3 heteroatoms. The van der Waals surface area contributed by atoms with Crippen molar-refractivity contribution in [3.8, 4) is 0 Å². The van der Waals surface area contributed by atoms with Crippen molar-refractivity contribution in [2.24, 2.45) is 11.1 Å². The van der Waals surface area contributed by atoms with Crippen LogP contribution in [0.4, 0.5) is 0 Å². The average molecular weight is 244 g/mol. The van der Waals surface area contributed by atoms with Crippen LogP contribution < -0.4 is 5.73 Å². The highest BCUT2D eigenvalue weighted by Gasteiger charge is 2.20. The van der Waals surface area contributed by atoms with Crippen molar-refractivity contribution in [2.75, 3.05) is 5.75 Å². The molecule has 1 rings (SSSR count). The van der Waals surface area contributed by atoms with Crippen molar-refractivity contribution in [3.63, 3.8) is 0 Å². The maximum absolute atomic E-state index is 6.08. The minimum atomic E-state index is 0.166. The van der Waals surface area contributed by atoms with Crippen LogP contribution in [0.1, 0.15) is 20.8 Å². The molecule has 0 aromatic heterocycles. The maximum atomic E-state index is 6.08. The Hall–Kier alpha value is -0.180. The molecule has 0 spiro atoms. The van der Waals surface area contributed by atoms with E-state index >= 15 is 0 Å². The Morgan fingerprint density at radius 2 is 1.80 bits per heavy atom. The summed E-state index contributed by atoms with van der Waals surface area (Å²) in [5.41, 5.74) is 6.25. The molecule has 1 atom stereocenters. The summed E-state index contributed by atoms with van der Waals surface area (Å²) in [6, 6.07) is 8.09. The van der Waals surface area contributed by atoms with Crippen LogP contribution in [0.15, 0.2) is 29.2 Å². The second kappa shape index (κ2) is 5.24. The van der Waals surface area contributed by atoms with Crippen molar-refractivity contribution in [2.45, 2.75) is 31.7 Å². The number of halogens is 1. The largest absolute Gasteiger partial charge is 0.326 e. The van der Waals surface area contributed by atoms with Crippen LogP contribution in [0.3, 0.4) is 0 Å². The van der Waals surface area contributed by atoms with E-state index in [0.717, 1.165) is 10.8 Å². The second-order valence-electron chi connectivity index (χ2n) is 4.74. The maximum Gasteiger partial charge on any atom is 0.0406 e. The fraction of sp³-hybridized carbons (Fsp3) is 0.500. The van der Waals surface area contributed by atoms with Crippen LogP contribution in [0.25, 0.3) is 0 Å². The van der Waals surface area contributed by atoms with E-state index in [1.165, 1.54) is 4.90 Å². The van der Waals surface area contributed by atoms with Crippen molar-refractivity contribution >= 4 is 23.4 Å². The zero-order valence-corrected chi connectivity index (χ0v) is 11.0. The van der Waals surface area contributed by atoms with Crippen molar-refractivity contribution < 1.29 is 0 Å². The first-order valence-electron chi connectivity index (χ1n) is 5.03. The van der Waals surface area contributed by atoms with Crippen LogP contribution in [0.2, 0.25) is 5.02 Å². The van der Waals surface area contributed by atoms with Crippen molar-refractivity contribution in [3.05, 3.63) is 29.3 Å². The molecule has 0 saturated carbocycles. The standard InChI is InChI=1S/C12H18ClNS/c1-12(2,3)11(14)8-15-10-6-4-9(13)5-7-10/h4-7,11H,8,14H2,1-3H3. The molecule has 2 N–H and O–H groups in total. The van der Waals surface area contributed by atoms with E-state index < -0.39 is 0 Å². The van der Waals surface area contributed by atoms with Crippen LogP contribution in [0, 0.1) is 5.41 Å². The molecule has 15 heavy (non-hydrogen) atoms. The van der Waals surface area contributed by atoms with E-state index in [-0.39, 0.29) is 11.5 Å². The van der Waals surface area contributed by atoms with Gasteiger partial charge in [-0.3, -0.25) is 0 Å². The molecule has 0 saturated heterocycles. The Bertz CT molecular complexity index is 302. The molecular formula is C12H18ClNS. The Morgan fingerprint density at radius 3 is 2.27 bits per heavy atom. The van der Waals surface area contributed by atoms with Crippen LogP contribution in [-0.2, 0) is 0 Å². The molecule has 0 aliphatic heterocycles. The predicted molar refractivity (Wildman–Crippen MR) is 69.6 cm³/mol. The Balaban J connectivity index is 2.47. The van der Waals surface area contributed by atoms with Crippen molar-refractivity contribution in [1.29, 1.82) is 0 Å². The van der Waals surface area contributed by atoms with Gasteiger partial charge in [0.25, 0.3) is 0 Å². The monoisotopic (exact) mass is 243 g/mol. The topological polar surface area (TPSA) is 26.0 Å². The second-order valence-corrected chi connectivity index (χ2v) is 6.27. The molecule has 1 unspecified atom stereocenters. The molecule has 84 valence electrons. The molecule has 1 aromatic carbocycles. The van der Waals surface area contributed by atoms with Gasteiger partial charge in [-0.2, -0.15) is 0 Å². The minimum absolute atomic E-state index is 0.166. The van der Waals surface area contributed by atoms with Gasteiger partial charge in [-0.1, -0.05) is 32.4 Å². The highest BCUT2D eigenvalue weighted by molar-refractivity contribution is 7.99. The molecule has 0 bridgehead atoms. The molecule has 0 aliphatic carbocycles. The van der Waals surface area contributed by atoms with Gasteiger partial charge in [0.15, 0.2) is 0 Å². The molecule has 0 amide bonds. The molecule has 1 nitrogen and oxygen atoms in total.